The lowest BCUT2D eigenvalue weighted by Crippen LogP contribution is -2.66. The van der Waals surface area contributed by atoms with Crippen molar-refractivity contribution in [2.24, 2.45) is 0 Å². The van der Waals surface area contributed by atoms with Gasteiger partial charge in [0.25, 0.3) is 11.8 Å². The van der Waals surface area contributed by atoms with Crippen LogP contribution in [0.15, 0.2) is 88.7 Å². The van der Waals surface area contributed by atoms with E-state index in [1.165, 1.54) is 44.4 Å². The molecule has 0 fully saturated rings. The maximum Gasteiger partial charge on any atom is 0.425 e. The summed E-state index contributed by atoms with van der Waals surface area (Å²) in [5.41, 5.74) is -3.97. The van der Waals surface area contributed by atoms with E-state index in [-0.39, 0.29) is 24.2 Å². The number of benzene rings is 2. The van der Waals surface area contributed by atoms with Gasteiger partial charge in [-0.05, 0) is 43.2 Å². The molecule has 37 heavy (non-hydrogen) atoms. The zero-order valence-electron chi connectivity index (χ0n) is 20.0. The molecule has 2 heterocycles. The first kappa shape index (κ1) is 25.7. The van der Waals surface area contributed by atoms with Gasteiger partial charge in [-0.1, -0.05) is 42.5 Å². The quantitative estimate of drug-likeness (QED) is 0.447. The molecule has 0 bridgehead atoms. The second-order valence-corrected chi connectivity index (χ2v) is 8.39. The third-order valence-electron chi connectivity index (χ3n) is 6.23. The Morgan fingerprint density at radius 2 is 1.70 bits per heavy atom. The number of rotatable bonds is 8. The molecule has 4 rings (SSSR count). The van der Waals surface area contributed by atoms with Crippen molar-refractivity contribution >= 4 is 17.6 Å². The number of allylic oxidation sites excluding steroid dienone is 1. The van der Waals surface area contributed by atoms with Crippen LogP contribution in [0.4, 0.5) is 13.2 Å². The number of furan rings is 1. The van der Waals surface area contributed by atoms with Crippen LogP contribution in [0.25, 0.3) is 0 Å². The van der Waals surface area contributed by atoms with Crippen molar-refractivity contribution in [1.29, 1.82) is 0 Å². The number of ketones is 1. The molecule has 1 atom stereocenters. The van der Waals surface area contributed by atoms with Crippen molar-refractivity contribution in [1.82, 2.24) is 10.2 Å². The molecule has 0 saturated carbocycles. The van der Waals surface area contributed by atoms with Gasteiger partial charge in [0.15, 0.2) is 11.5 Å². The number of hydrogen-bond donors (Lipinski definition) is 1. The fraction of sp³-hybridized carbons (Fsp3) is 0.222. The van der Waals surface area contributed by atoms with Gasteiger partial charge in [0.2, 0.25) is 5.54 Å². The average molecular weight is 512 g/mol. The predicted octanol–water partition coefficient (Wildman–Crippen LogP) is 4.56. The molecule has 7 nitrogen and oxygen atoms in total. The Morgan fingerprint density at radius 3 is 2.27 bits per heavy atom. The summed E-state index contributed by atoms with van der Waals surface area (Å²) in [4.78, 5) is 40.8. The maximum absolute atomic E-state index is 14.9. The average Bonchev–Trinajstić information content (AvgIpc) is 3.49. The molecule has 0 saturated heterocycles. The molecule has 1 aliphatic heterocycles. The minimum absolute atomic E-state index is 0.0532. The minimum atomic E-state index is -5.35. The molecular weight excluding hydrogens is 489 g/mol. The Morgan fingerprint density at radius 1 is 1.03 bits per heavy atom. The van der Waals surface area contributed by atoms with Crippen molar-refractivity contribution in [2.75, 3.05) is 13.7 Å². The summed E-state index contributed by atoms with van der Waals surface area (Å²) in [6.07, 6.45) is -4.04. The predicted molar refractivity (Wildman–Crippen MR) is 127 cm³/mol. The van der Waals surface area contributed by atoms with Gasteiger partial charge >= 0.3 is 6.18 Å². The zero-order chi connectivity index (χ0) is 26.8. The van der Waals surface area contributed by atoms with Crippen molar-refractivity contribution < 1.29 is 36.7 Å². The Labute approximate surface area is 210 Å². The number of hydrogen-bond acceptors (Lipinski definition) is 5. The Balaban J connectivity index is 1.79. The van der Waals surface area contributed by atoms with Gasteiger partial charge in [-0.2, -0.15) is 13.2 Å². The topological polar surface area (TPSA) is 88.8 Å². The van der Waals surface area contributed by atoms with Gasteiger partial charge in [0, 0.05) is 17.8 Å². The number of nitrogens with zero attached hydrogens (tertiary/aromatic N) is 1. The monoisotopic (exact) mass is 512 g/mol. The Bertz CT molecular complexity index is 1330. The van der Waals surface area contributed by atoms with Crippen LogP contribution in [0.5, 0.6) is 5.75 Å². The lowest BCUT2D eigenvalue weighted by molar-refractivity contribution is -0.189. The van der Waals surface area contributed by atoms with Crippen LogP contribution in [0.2, 0.25) is 0 Å². The molecule has 1 aliphatic rings. The van der Waals surface area contributed by atoms with Crippen molar-refractivity contribution in [3.8, 4) is 5.75 Å². The number of methoxy groups -OCH3 is 1. The number of nitrogens with one attached hydrogen (secondary N) is 1. The Hall–Kier alpha value is -4.34. The first-order chi connectivity index (χ1) is 17.6. The standard InChI is InChI=1S/C27H23F3N2O5/c1-17-22(23(33)19-7-4-3-5-8-19)26(27(28,29)30,31-24(34)21-9-6-16-37-21)25(35)32(17)15-14-18-10-12-20(36-2)13-11-18/h3-13,16H,14-15H2,1-2H3,(H,31,34). The molecule has 0 aliphatic carbocycles. The SMILES string of the molecule is COc1ccc(CCN2C(=O)C(NC(=O)c3ccco3)(C(F)(F)F)C(C(=O)c3ccccc3)=C2C)cc1. The molecule has 2 amide bonds. The van der Waals surface area contributed by atoms with Crippen LogP contribution in [0, 0.1) is 0 Å². The van der Waals surface area contributed by atoms with Crippen LogP contribution >= 0.6 is 0 Å². The van der Waals surface area contributed by atoms with Gasteiger partial charge < -0.3 is 19.4 Å². The summed E-state index contributed by atoms with van der Waals surface area (Å²) in [6, 6.07) is 16.6. The highest BCUT2D eigenvalue weighted by atomic mass is 19.4. The lowest BCUT2D eigenvalue weighted by atomic mass is 9.84. The van der Waals surface area contributed by atoms with E-state index in [1.807, 2.05) is 5.32 Å². The lowest BCUT2D eigenvalue weighted by Gasteiger charge is -2.33. The molecule has 3 aromatic rings. The molecule has 0 radical (unpaired) electrons. The number of carbonyl (C=O) groups is 3. The van der Waals surface area contributed by atoms with E-state index < -0.39 is 40.6 Å². The van der Waals surface area contributed by atoms with Crippen LogP contribution in [-0.2, 0) is 11.2 Å². The number of ether oxygens (including phenoxy) is 1. The number of carbonyl (C=O) groups excluding carboxylic acids is 3. The molecule has 192 valence electrons. The normalized spacial score (nSPS) is 17.8. The van der Waals surface area contributed by atoms with E-state index in [0.29, 0.717) is 5.75 Å². The van der Waals surface area contributed by atoms with E-state index in [1.54, 1.807) is 30.3 Å². The largest absolute Gasteiger partial charge is 0.497 e. The molecule has 10 heteroatoms. The smallest absolute Gasteiger partial charge is 0.425 e. The summed E-state index contributed by atoms with van der Waals surface area (Å²) in [6.45, 7) is 1.12. The van der Waals surface area contributed by atoms with Gasteiger partial charge in [-0.3, -0.25) is 14.4 Å². The molecular formula is C27H23F3N2O5. The number of amides is 2. The first-order valence-electron chi connectivity index (χ1n) is 11.3. The van der Waals surface area contributed by atoms with Crippen LogP contribution in [0.3, 0.4) is 0 Å². The maximum atomic E-state index is 14.9. The highest BCUT2D eigenvalue weighted by Crippen LogP contribution is 2.46. The van der Waals surface area contributed by atoms with Crippen molar-refractivity contribution in [3.05, 3.63) is 101 Å². The van der Waals surface area contributed by atoms with Crippen LogP contribution < -0.4 is 10.1 Å². The number of Topliss-reactive ketones (excluding diaryl/α,β-unsaturated/α-hetero) is 1. The van der Waals surface area contributed by atoms with E-state index in [2.05, 4.69) is 0 Å². The Kier molecular flexibility index (Phi) is 6.93. The molecule has 0 spiro atoms. The van der Waals surface area contributed by atoms with E-state index in [4.69, 9.17) is 9.15 Å². The fourth-order valence-electron chi connectivity index (χ4n) is 4.33. The van der Waals surface area contributed by atoms with Crippen LogP contribution in [-0.4, -0.2) is 47.9 Å². The van der Waals surface area contributed by atoms with Gasteiger partial charge in [0.05, 0.1) is 18.9 Å². The fourth-order valence-corrected chi connectivity index (χ4v) is 4.33. The van der Waals surface area contributed by atoms with Gasteiger partial charge in [-0.15, -0.1) is 0 Å². The molecule has 1 unspecified atom stereocenters. The van der Waals surface area contributed by atoms with E-state index in [0.717, 1.165) is 22.8 Å². The highest BCUT2D eigenvalue weighted by molar-refractivity contribution is 6.19. The van der Waals surface area contributed by atoms with E-state index in [9.17, 15) is 27.6 Å². The third-order valence-corrected chi connectivity index (χ3v) is 6.23. The minimum Gasteiger partial charge on any atom is -0.497 e. The second kappa shape index (κ2) is 9.96. The molecule has 1 aromatic heterocycles. The van der Waals surface area contributed by atoms with Crippen LogP contribution in [0.1, 0.15) is 33.4 Å². The van der Waals surface area contributed by atoms with E-state index >= 15 is 0 Å². The summed E-state index contributed by atoms with van der Waals surface area (Å²) < 4.78 is 54.7. The summed E-state index contributed by atoms with van der Waals surface area (Å²) in [5, 5.41) is 1.81. The number of alkyl halides is 3. The molecule has 2 aromatic carbocycles. The number of halogens is 3. The summed E-state index contributed by atoms with van der Waals surface area (Å²) in [7, 11) is 1.51. The summed E-state index contributed by atoms with van der Waals surface area (Å²) in [5.74, 6) is -3.60. The summed E-state index contributed by atoms with van der Waals surface area (Å²) >= 11 is 0. The van der Waals surface area contributed by atoms with Gasteiger partial charge in [0.1, 0.15) is 5.75 Å². The molecule has 1 N–H and O–H groups in total. The third kappa shape index (κ3) is 4.62. The van der Waals surface area contributed by atoms with Crippen molar-refractivity contribution in [2.45, 2.75) is 25.1 Å². The first-order valence-corrected chi connectivity index (χ1v) is 11.3. The van der Waals surface area contributed by atoms with Gasteiger partial charge in [-0.25, -0.2) is 0 Å². The van der Waals surface area contributed by atoms with Crippen molar-refractivity contribution in [3.63, 3.8) is 0 Å². The zero-order valence-corrected chi connectivity index (χ0v) is 20.0. The second-order valence-electron chi connectivity index (χ2n) is 8.39. The highest BCUT2D eigenvalue weighted by Gasteiger charge is 2.70.